The predicted octanol–water partition coefficient (Wildman–Crippen LogP) is 7.61. The van der Waals surface area contributed by atoms with Gasteiger partial charge in [0.05, 0.1) is 31.4 Å². The van der Waals surface area contributed by atoms with Gasteiger partial charge in [0.2, 0.25) is 0 Å². The number of benzene rings is 2. The van der Waals surface area contributed by atoms with Crippen molar-refractivity contribution in [2.75, 3.05) is 19.5 Å². The molecule has 0 saturated carbocycles. The number of hydrogen-bond donors (Lipinski definition) is 0. The fraction of sp³-hybridized carbons (Fsp3) is 0.444. The van der Waals surface area contributed by atoms with Gasteiger partial charge in [-0.15, -0.1) is 11.8 Å². The fourth-order valence-corrected chi connectivity index (χ4v) is 4.98. The molecule has 2 aromatic carbocycles. The molecule has 0 aliphatic carbocycles. The van der Waals surface area contributed by atoms with Crippen LogP contribution in [0.15, 0.2) is 45.9 Å². The summed E-state index contributed by atoms with van der Waals surface area (Å²) in [7, 11) is 1.39. The minimum Gasteiger partial charge on any atom is -0.493 e. The molecule has 0 aliphatic heterocycles. The molecule has 0 N–H and O–H groups in total. The number of rotatable bonds is 10. The molecule has 0 bridgehead atoms. The van der Waals surface area contributed by atoms with E-state index >= 15 is 0 Å². The third-order valence-corrected chi connectivity index (χ3v) is 7.07. The van der Waals surface area contributed by atoms with E-state index in [0.29, 0.717) is 11.6 Å². The topological polar surface area (TPSA) is 48.7 Å². The average molecular weight is 489 g/mol. The number of methoxy groups -OCH3 is 1. The molecule has 0 saturated heterocycles. The number of thioether (sulfide) groups is 1. The number of furan rings is 1. The van der Waals surface area contributed by atoms with Crippen LogP contribution in [0.5, 0.6) is 5.75 Å². The Morgan fingerprint density at radius 3 is 2.64 bits per heavy atom. The van der Waals surface area contributed by atoms with Crippen LogP contribution in [0.1, 0.15) is 57.2 Å². The van der Waals surface area contributed by atoms with E-state index in [1.165, 1.54) is 18.1 Å². The van der Waals surface area contributed by atoms with Crippen LogP contribution in [0.2, 0.25) is 5.02 Å². The number of carbonyl (C=O) groups is 1. The monoisotopic (exact) mass is 488 g/mol. The van der Waals surface area contributed by atoms with Crippen molar-refractivity contribution in [3.05, 3.63) is 58.3 Å². The zero-order valence-corrected chi connectivity index (χ0v) is 21.7. The van der Waals surface area contributed by atoms with Crippen LogP contribution in [0.3, 0.4) is 0 Å². The second-order valence-electron chi connectivity index (χ2n) is 9.14. The van der Waals surface area contributed by atoms with Gasteiger partial charge in [-0.3, -0.25) is 4.79 Å². The Bertz CT molecular complexity index is 1100. The number of esters is 1. The van der Waals surface area contributed by atoms with Gasteiger partial charge in [0.25, 0.3) is 0 Å². The zero-order valence-electron chi connectivity index (χ0n) is 20.1. The lowest BCUT2D eigenvalue weighted by atomic mass is 9.86. The zero-order chi connectivity index (χ0) is 24.0. The second-order valence-corrected chi connectivity index (χ2v) is 10.7. The van der Waals surface area contributed by atoms with Gasteiger partial charge in [0.15, 0.2) is 0 Å². The van der Waals surface area contributed by atoms with Gasteiger partial charge in [-0.25, -0.2) is 0 Å². The van der Waals surface area contributed by atoms with Gasteiger partial charge in [-0.05, 0) is 48.1 Å². The molecule has 0 unspecified atom stereocenters. The van der Waals surface area contributed by atoms with Crippen molar-refractivity contribution >= 4 is 40.3 Å². The molecule has 0 atom stereocenters. The molecule has 0 spiro atoms. The first kappa shape index (κ1) is 25.5. The Morgan fingerprint density at radius 2 is 1.97 bits per heavy atom. The summed E-state index contributed by atoms with van der Waals surface area (Å²) in [6.45, 7) is 9.42. The highest BCUT2D eigenvalue weighted by molar-refractivity contribution is 7.99. The van der Waals surface area contributed by atoms with Crippen LogP contribution in [-0.2, 0) is 27.8 Å². The average Bonchev–Trinajstić information content (AvgIpc) is 3.21. The van der Waals surface area contributed by atoms with E-state index in [1.807, 2.05) is 24.5 Å². The summed E-state index contributed by atoms with van der Waals surface area (Å²) in [4.78, 5) is 12.4. The lowest BCUT2D eigenvalue weighted by Gasteiger charge is -2.17. The van der Waals surface area contributed by atoms with Crippen LogP contribution in [0, 0.1) is 0 Å². The normalized spacial score (nSPS) is 11.7. The molecular formula is C27H33ClO4S. The van der Waals surface area contributed by atoms with E-state index in [-0.39, 0.29) is 17.8 Å². The van der Waals surface area contributed by atoms with Gasteiger partial charge < -0.3 is 13.9 Å². The van der Waals surface area contributed by atoms with Crippen LogP contribution >= 0.6 is 23.4 Å². The molecule has 1 heterocycles. The first-order chi connectivity index (χ1) is 15.7. The highest BCUT2D eigenvalue weighted by Gasteiger charge is 2.22. The summed E-state index contributed by atoms with van der Waals surface area (Å²) in [5, 5.41) is 1.84. The summed E-state index contributed by atoms with van der Waals surface area (Å²) in [6, 6.07) is 9.92. The van der Waals surface area contributed by atoms with Gasteiger partial charge in [0, 0.05) is 27.2 Å². The molecule has 178 valence electrons. The number of carbonyl (C=O) groups excluding carboxylic acids is 1. The van der Waals surface area contributed by atoms with Crippen molar-refractivity contribution in [2.45, 2.75) is 63.7 Å². The van der Waals surface area contributed by atoms with Crippen molar-refractivity contribution in [3.8, 4) is 5.75 Å². The first-order valence-corrected chi connectivity index (χ1v) is 12.7. The maximum absolute atomic E-state index is 11.4. The third kappa shape index (κ3) is 6.48. The molecule has 4 nitrogen and oxygen atoms in total. The van der Waals surface area contributed by atoms with Crippen molar-refractivity contribution in [2.24, 2.45) is 0 Å². The molecular weight excluding hydrogens is 456 g/mol. The fourth-order valence-electron chi connectivity index (χ4n) is 3.77. The number of ether oxygens (including phenoxy) is 2. The van der Waals surface area contributed by atoms with E-state index in [2.05, 4.69) is 39.8 Å². The highest BCUT2D eigenvalue weighted by Crippen LogP contribution is 2.37. The number of hydrogen-bond acceptors (Lipinski definition) is 5. The Hall–Kier alpha value is -2.11. The SMILES string of the molecule is CCCc1c(OCCCSc2ccc(CC(=O)OC)cc2Cl)ccc2c(C(C)(C)C)coc12. The molecule has 33 heavy (non-hydrogen) atoms. The summed E-state index contributed by atoms with van der Waals surface area (Å²) in [5.41, 5.74) is 4.22. The Morgan fingerprint density at radius 1 is 1.18 bits per heavy atom. The Labute approximate surface area is 206 Å². The first-order valence-electron chi connectivity index (χ1n) is 11.4. The van der Waals surface area contributed by atoms with Crippen molar-refractivity contribution in [1.82, 2.24) is 0 Å². The molecule has 0 amide bonds. The van der Waals surface area contributed by atoms with Gasteiger partial charge in [-0.2, -0.15) is 0 Å². The van der Waals surface area contributed by atoms with E-state index in [9.17, 15) is 4.79 Å². The van der Waals surface area contributed by atoms with Gasteiger partial charge in [0.1, 0.15) is 11.3 Å². The summed E-state index contributed by atoms with van der Waals surface area (Å²) < 4.78 is 16.9. The molecule has 3 aromatic rings. The predicted molar refractivity (Wildman–Crippen MR) is 137 cm³/mol. The van der Waals surface area contributed by atoms with E-state index in [0.717, 1.165) is 52.4 Å². The van der Waals surface area contributed by atoms with Gasteiger partial charge in [-0.1, -0.05) is 51.8 Å². The molecule has 3 rings (SSSR count). The van der Waals surface area contributed by atoms with Crippen LogP contribution in [-0.4, -0.2) is 25.4 Å². The van der Waals surface area contributed by atoms with Crippen molar-refractivity contribution in [3.63, 3.8) is 0 Å². The van der Waals surface area contributed by atoms with Crippen LogP contribution in [0.25, 0.3) is 11.0 Å². The second kappa shape index (κ2) is 11.3. The van der Waals surface area contributed by atoms with Crippen molar-refractivity contribution < 1.29 is 18.7 Å². The Kier molecular flexibility index (Phi) is 8.77. The largest absolute Gasteiger partial charge is 0.493 e. The summed E-state index contributed by atoms with van der Waals surface area (Å²) in [6.07, 6.45) is 4.96. The lowest BCUT2D eigenvalue weighted by Crippen LogP contribution is -2.10. The smallest absolute Gasteiger partial charge is 0.309 e. The number of fused-ring (bicyclic) bond motifs is 1. The van der Waals surface area contributed by atoms with E-state index in [1.54, 1.807) is 11.8 Å². The van der Waals surface area contributed by atoms with Crippen molar-refractivity contribution in [1.29, 1.82) is 0 Å². The number of halogens is 1. The highest BCUT2D eigenvalue weighted by atomic mass is 35.5. The standard InChI is InChI=1S/C27H33ClO4S/c1-6-8-20-23(11-10-19-21(27(2,3)4)17-32-26(19)20)31-13-7-14-33-24-12-9-18(15-22(24)28)16-25(29)30-5/h9-12,15,17H,6-8,13-14,16H2,1-5H3. The van der Waals surface area contributed by atoms with Crippen LogP contribution < -0.4 is 4.74 Å². The summed E-state index contributed by atoms with van der Waals surface area (Å²) in [5.74, 6) is 1.53. The molecule has 0 aliphatic rings. The summed E-state index contributed by atoms with van der Waals surface area (Å²) >= 11 is 8.09. The minimum absolute atomic E-state index is 0.0348. The third-order valence-electron chi connectivity index (χ3n) is 5.49. The Balaban J connectivity index is 1.59. The lowest BCUT2D eigenvalue weighted by molar-refractivity contribution is -0.139. The number of aryl methyl sites for hydroxylation is 1. The quantitative estimate of drug-likeness (QED) is 0.167. The maximum Gasteiger partial charge on any atom is 0.309 e. The molecule has 1 aromatic heterocycles. The van der Waals surface area contributed by atoms with E-state index < -0.39 is 0 Å². The molecule has 0 radical (unpaired) electrons. The maximum atomic E-state index is 11.4. The molecule has 6 heteroatoms. The molecule has 0 fully saturated rings. The minimum atomic E-state index is -0.270. The van der Waals surface area contributed by atoms with E-state index in [4.69, 9.17) is 25.5 Å². The van der Waals surface area contributed by atoms with Gasteiger partial charge >= 0.3 is 5.97 Å². The van der Waals surface area contributed by atoms with Crippen LogP contribution in [0.4, 0.5) is 0 Å².